The molecule has 0 saturated heterocycles. The lowest BCUT2D eigenvalue weighted by Gasteiger charge is -2.29. The van der Waals surface area contributed by atoms with Crippen molar-refractivity contribution < 1.29 is 0 Å². The zero-order chi connectivity index (χ0) is 37.3. The molecule has 1 heterocycles. The summed E-state index contributed by atoms with van der Waals surface area (Å²) in [6, 6.07) is 81.3. The molecule has 10 aromatic rings. The van der Waals surface area contributed by atoms with Crippen LogP contribution in [-0.2, 0) is 0 Å². The molecule has 0 aliphatic rings. The van der Waals surface area contributed by atoms with Gasteiger partial charge >= 0.3 is 0 Å². The minimum Gasteiger partial charge on any atom is -0.310 e. The topological polar surface area (TPSA) is 3.24 Å². The van der Waals surface area contributed by atoms with E-state index in [4.69, 9.17) is 0 Å². The molecule has 0 bridgehead atoms. The van der Waals surface area contributed by atoms with E-state index in [1.807, 2.05) is 11.3 Å². The Kier molecular flexibility index (Phi) is 8.79. The maximum atomic E-state index is 2.41. The molecule has 0 unspecified atom stereocenters. The number of thiophene rings is 1. The Morgan fingerprint density at radius 3 is 1.41 bits per heavy atom. The van der Waals surface area contributed by atoms with E-state index in [9.17, 15) is 0 Å². The van der Waals surface area contributed by atoms with E-state index < -0.39 is 0 Å². The molecule has 56 heavy (non-hydrogen) atoms. The van der Waals surface area contributed by atoms with Crippen LogP contribution in [0, 0.1) is 0 Å². The highest BCUT2D eigenvalue weighted by molar-refractivity contribution is 7.25. The van der Waals surface area contributed by atoms with Crippen LogP contribution < -0.4 is 4.90 Å². The number of nitrogens with zero attached hydrogens (tertiary/aromatic N) is 1. The van der Waals surface area contributed by atoms with Gasteiger partial charge in [0.15, 0.2) is 0 Å². The molecule has 0 atom stereocenters. The number of fused-ring (bicyclic) bond motifs is 3. The molecule has 1 aromatic heterocycles. The molecule has 2 heteroatoms. The van der Waals surface area contributed by atoms with E-state index in [1.165, 1.54) is 75.8 Å². The molecule has 0 spiro atoms. The van der Waals surface area contributed by atoms with Crippen molar-refractivity contribution >= 4 is 48.6 Å². The molecule has 0 saturated carbocycles. The lowest BCUT2D eigenvalue weighted by Crippen LogP contribution is -2.11. The van der Waals surface area contributed by atoms with Gasteiger partial charge in [0, 0.05) is 37.1 Å². The molecule has 10 rings (SSSR count). The van der Waals surface area contributed by atoms with Crippen molar-refractivity contribution in [1.29, 1.82) is 0 Å². The van der Waals surface area contributed by atoms with Gasteiger partial charge in [-0.1, -0.05) is 170 Å². The number of benzene rings is 9. The number of rotatable bonds is 8. The monoisotopic (exact) mass is 731 g/mol. The molecule has 0 amide bonds. The van der Waals surface area contributed by atoms with Crippen LogP contribution in [0.25, 0.3) is 75.8 Å². The first-order valence-corrected chi connectivity index (χ1v) is 19.9. The summed E-state index contributed by atoms with van der Waals surface area (Å²) < 4.78 is 2.63. The van der Waals surface area contributed by atoms with E-state index in [1.54, 1.807) is 0 Å². The number of hydrogen-bond donors (Lipinski definition) is 0. The van der Waals surface area contributed by atoms with Gasteiger partial charge in [-0.15, -0.1) is 11.3 Å². The van der Waals surface area contributed by atoms with Crippen LogP contribution in [0.15, 0.2) is 224 Å². The third-order valence-electron chi connectivity index (χ3n) is 10.7. The van der Waals surface area contributed by atoms with Crippen molar-refractivity contribution in [3.05, 3.63) is 224 Å². The van der Waals surface area contributed by atoms with Crippen molar-refractivity contribution in [2.24, 2.45) is 0 Å². The van der Waals surface area contributed by atoms with E-state index in [0.717, 1.165) is 17.1 Å². The van der Waals surface area contributed by atoms with E-state index in [-0.39, 0.29) is 0 Å². The molecule has 0 aliphatic heterocycles. The molecule has 9 aromatic carbocycles. The van der Waals surface area contributed by atoms with Crippen molar-refractivity contribution in [2.75, 3.05) is 4.90 Å². The molecule has 0 aliphatic carbocycles. The molecule has 0 fully saturated rings. The van der Waals surface area contributed by atoms with Gasteiger partial charge in [-0.25, -0.2) is 0 Å². The lowest BCUT2D eigenvalue weighted by atomic mass is 9.94. The first-order chi connectivity index (χ1) is 27.8. The molecule has 264 valence electrons. The first-order valence-electron chi connectivity index (χ1n) is 19.1. The highest BCUT2D eigenvalue weighted by Crippen LogP contribution is 2.45. The van der Waals surface area contributed by atoms with E-state index >= 15 is 0 Å². The van der Waals surface area contributed by atoms with Crippen molar-refractivity contribution in [2.45, 2.75) is 0 Å². The van der Waals surface area contributed by atoms with Crippen LogP contribution in [0.4, 0.5) is 17.1 Å². The predicted octanol–water partition coefficient (Wildman–Crippen LogP) is 15.9. The fourth-order valence-electron chi connectivity index (χ4n) is 7.93. The minimum atomic E-state index is 1.10. The molecule has 1 nitrogen and oxygen atoms in total. The van der Waals surface area contributed by atoms with E-state index in [0.29, 0.717) is 0 Å². The second-order valence-corrected chi connectivity index (χ2v) is 15.2. The molecule has 0 N–H and O–H groups in total. The van der Waals surface area contributed by atoms with Crippen molar-refractivity contribution in [3.8, 4) is 55.6 Å². The summed E-state index contributed by atoms with van der Waals surface area (Å²) in [5, 5.41) is 2.64. The summed E-state index contributed by atoms with van der Waals surface area (Å²) in [6.45, 7) is 0. The van der Waals surface area contributed by atoms with Gasteiger partial charge in [0.25, 0.3) is 0 Å². The maximum absolute atomic E-state index is 2.41. The Morgan fingerprint density at radius 1 is 0.286 bits per heavy atom. The summed E-state index contributed by atoms with van der Waals surface area (Å²) in [4.78, 5) is 2.41. The largest absolute Gasteiger partial charge is 0.310 e. The zero-order valence-electron chi connectivity index (χ0n) is 30.7. The summed E-state index contributed by atoms with van der Waals surface area (Å²) in [7, 11) is 0. The summed E-state index contributed by atoms with van der Waals surface area (Å²) >= 11 is 1.86. The summed E-state index contributed by atoms with van der Waals surface area (Å²) in [5.74, 6) is 0. The Labute approximate surface area is 332 Å². The molecule has 0 radical (unpaired) electrons. The van der Waals surface area contributed by atoms with Crippen LogP contribution in [-0.4, -0.2) is 0 Å². The fraction of sp³-hybridized carbons (Fsp3) is 0. The van der Waals surface area contributed by atoms with Gasteiger partial charge in [0.2, 0.25) is 0 Å². The van der Waals surface area contributed by atoms with Gasteiger partial charge < -0.3 is 4.90 Å². The highest BCUT2D eigenvalue weighted by Gasteiger charge is 2.20. The van der Waals surface area contributed by atoms with Crippen LogP contribution in [0.5, 0.6) is 0 Å². The van der Waals surface area contributed by atoms with Gasteiger partial charge in [-0.2, -0.15) is 0 Å². The fourth-order valence-corrected chi connectivity index (χ4v) is 9.07. The highest BCUT2D eigenvalue weighted by atomic mass is 32.1. The van der Waals surface area contributed by atoms with Crippen LogP contribution in [0.1, 0.15) is 0 Å². The quantitative estimate of drug-likeness (QED) is 0.150. The molecular weight excluding hydrogens is 695 g/mol. The number of anilines is 3. The minimum absolute atomic E-state index is 1.10. The smallest absolute Gasteiger partial charge is 0.0540 e. The third kappa shape index (κ3) is 6.36. The standard InChI is InChI=1S/C54H37NS/c1-4-14-38(15-5-1)40-26-31-46(32-27-40)55(47-33-28-42(29-34-47)48-23-13-25-53-54(48)49-22-10-11-24-52(49)56-53)51-35-30-45(37-50(51)41-18-8-3-9-19-41)44-21-12-20-43(36-44)39-16-6-2-7-17-39/h1-37H. The Bertz CT molecular complexity index is 2930. The van der Waals surface area contributed by atoms with Gasteiger partial charge in [-0.3, -0.25) is 0 Å². The number of hydrogen-bond acceptors (Lipinski definition) is 2. The predicted molar refractivity (Wildman–Crippen MR) is 241 cm³/mol. The Balaban J connectivity index is 1.12. The van der Waals surface area contributed by atoms with Gasteiger partial charge in [0.1, 0.15) is 0 Å². The van der Waals surface area contributed by atoms with E-state index in [2.05, 4.69) is 229 Å². The van der Waals surface area contributed by atoms with Crippen LogP contribution in [0.3, 0.4) is 0 Å². The molecular formula is C54H37NS. The second-order valence-electron chi connectivity index (χ2n) is 14.1. The maximum Gasteiger partial charge on any atom is 0.0540 e. The summed E-state index contributed by atoms with van der Waals surface area (Å²) in [6.07, 6.45) is 0. The summed E-state index contributed by atoms with van der Waals surface area (Å²) in [5.41, 5.74) is 15.3. The Hall–Kier alpha value is -7.00. The second kappa shape index (κ2) is 14.7. The Morgan fingerprint density at radius 2 is 0.732 bits per heavy atom. The van der Waals surface area contributed by atoms with Crippen LogP contribution in [0.2, 0.25) is 0 Å². The SMILES string of the molecule is c1ccc(-c2ccc(N(c3ccc(-c4cccc5sc6ccccc6c45)cc3)c3ccc(-c4cccc(-c5ccccc5)c4)cc3-c3ccccc3)cc2)cc1. The normalized spacial score (nSPS) is 11.2. The van der Waals surface area contributed by atoms with Gasteiger partial charge in [0.05, 0.1) is 5.69 Å². The van der Waals surface area contributed by atoms with Crippen molar-refractivity contribution in [1.82, 2.24) is 0 Å². The van der Waals surface area contributed by atoms with Crippen molar-refractivity contribution in [3.63, 3.8) is 0 Å². The third-order valence-corrected chi connectivity index (χ3v) is 11.8. The average Bonchev–Trinajstić information content (AvgIpc) is 3.67. The van der Waals surface area contributed by atoms with Gasteiger partial charge in [-0.05, 0) is 105 Å². The zero-order valence-corrected chi connectivity index (χ0v) is 31.5. The lowest BCUT2D eigenvalue weighted by molar-refractivity contribution is 1.28. The first kappa shape index (κ1) is 33.6. The average molecular weight is 732 g/mol. The van der Waals surface area contributed by atoms with Crippen LogP contribution >= 0.6 is 11.3 Å².